The van der Waals surface area contributed by atoms with Crippen LogP contribution in [0.3, 0.4) is 0 Å². The van der Waals surface area contributed by atoms with E-state index in [4.69, 9.17) is 5.26 Å². The molecule has 0 unspecified atom stereocenters. The van der Waals surface area contributed by atoms with Crippen LogP contribution >= 0.6 is 11.8 Å². The van der Waals surface area contributed by atoms with Gasteiger partial charge in [-0.25, -0.2) is 0 Å². The topological polar surface area (TPSA) is 27.0 Å². The van der Waals surface area contributed by atoms with Gasteiger partial charge >= 0.3 is 6.18 Å². The molecular formula is C12H13F3N2S. The van der Waals surface area contributed by atoms with E-state index in [-0.39, 0.29) is 5.56 Å². The van der Waals surface area contributed by atoms with Gasteiger partial charge in [0.2, 0.25) is 0 Å². The van der Waals surface area contributed by atoms with Crippen molar-refractivity contribution in [3.05, 3.63) is 29.3 Å². The first-order valence-electron chi connectivity index (χ1n) is 5.23. The number of benzene rings is 1. The van der Waals surface area contributed by atoms with Gasteiger partial charge in [0, 0.05) is 17.2 Å². The van der Waals surface area contributed by atoms with Crippen molar-refractivity contribution in [2.45, 2.75) is 11.1 Å². The number of halogens is 3. The summed E-state index contributed by atoms with van der Waals surface area (Å²) in [6, 6.07) is 5.09. The maximum absolute atomic E-state index is 12.5. The zero-order valence-corrected chi connectivity index (χ0v) is 10.9. The summed E-state index contributed by atoms with van der Waals surface area (Å²) >= 11 is 1.39. The van der Waals surface area contributed by atoms with Gasteiger partial charge < -0.3 is 4.90 Å². The molecular weight excluding hydrogens is 261 g/mol. The summed E-state index contributed by atoms with van der Waals surface area (Å²) in [4.78, 5) is 2.57. The lowest BCUT2D eigenvalue weighted by molar-refractivity contribution is -0.137. The Hall–Kier alpha value is -1.19. The normalized spacial score (nSPS) is 11.6. The average molecular weight is 274 g/mol. The molecule has 0 aromatic heterocycles. The van der Waals surface area contributed by atoms with E-state index in [2.05, 4.69) is 0 Å². The van der Waals surface area contributed by atoms with E-state index in [0.29, 0.717) is 4.90 Å². The van der Waals surface area contributed by atoms with Crippen molar-refractivity contribution in [2.24, 2.45) is 0 Å². The number of nitriles is 1. The molecule has 1 aromatic carbocycles. The minimum atomic E-state index is -4.40. The van der Waals surface area contributed by atoms with Crippen LogP contribution in [0.4, 0.5) is 13.2 Å². The summed E-state index contributed by atoms with van der Waals surface area (Å²) in [5.41, 5.74) is -0.704. The molecule has 0 atom stereocenters. The number of rotatable bonds is 4. The second-order valence-corrected chi connectivity index (χ2v) is 5.11. The van der Waals surface area contributed by atoms with Crippen molar-refractivity contribution in [3.8, 4) is 6.07 Å². The molecule has 0 aliphatic heterocycles. The highest BCUT2D eigenvalue weighted by Gasteiger charge is 2.31. The highest BCUT2D eigenvalue weighted by atomic mass is 32.2. The second-order valence-electron chi connectivity index (χ2n) is 3.97. The first kappa shape index (κ1) is 14.9. The van der Waals surface area contributed by atoms with Crippen LogP contribution in [-0.4, -0.2) is 31.3 Å². The van der Waals surface area contributed by atoms with Crippen molar-refractivity contribution < 1.29 is 13.2 Å². The quantitative estimate of drug-likeness (QED) is 0.789. The van der Waals surface area contributed by atoms with Crippen LogP contribution < -0.4 is 0 Å². The number of thioether (sulfide) groups is 1. The van der Waals surface area contributed by atoms with E-state index in [9.17, 15) is 13.2 Å². The van der Waals surface area contributed by atoms with Gasteiger partial charge in [-0.05, 0) is 32.3 Å². The Morgan fingerprint density at radius 3 is 2.50 bits per heavy atom. The van der Waals surface area contributed by atoms with Crippen LogP contribution in [0.2, 0.25) is 0 Å². The van der Waals surface area contributed by atoms with Crippen molar-refractivity contribution >= 4 is 11.8 Å². The molecule has 0 N–H and O–H groups in total. The highest BCUT2D eigenvalue weighted by molar-refractivity contribution is 7.99. The molecule has 0 saturated carbocycles. The molecule has 0 heterocycles. The fraction of sp³-hybridized carbons (Fsp3) is 0.417. The lowest BCUT2D eigenvalue weighted by atomic mass is 10.1. The standard InChI is InChI=1S/C12H13F3N2S/c1-17(2)5-6-18-11-4-3-10(12(13,14)15)7-9(11)8-16/h3-4,7H,5-6H2,1-2H3. The maximum Gasteiger partial charge on any atom is 0.416 e. The van der Waals surface area contributed by atoms with Crippen LogP contribution in [0.1, 0.15) is 11.1 Å². The first-order valence-corrected chi connectivity index (χ1v) is 6.22. The Morgan fingerprint density at radius 1 is 1.33 bits per heavy atom. The van der Waals surface area contributed by atoms with Crippen molar-refractivity contribution in [2.75, 3.05) is 26.4 Å². The zero-order chi connectivity index (χ0) is 13.8. The molecule has 0 aliphatic carbocycles. The molecule has 0 fully saturated rings. The average Bonchev–Trinajstić information content (AvgIpc) is 2.27. The van der Waals surface area contributed by atoms with Gasteiger partial charge in [0.1, 0.15) is 6.07 Å². The van der Waals surface area contributed by atoms with Gasteiger partial charge in [-0.3, -0.25) is 0 Å². The van der Waals surface area contributed by atoms with Gasteiger partial charge in [-0.15, -0.1) is 11.8 Å². The predicted molar refractivity (Wildman–Crippen MR) is 65.4 cm³/mol. The van der Waals surface area contributed by atoms with E-state index >= 15 is 0 Å². The Morgan fingerprint density at radius 2 is 2.00 bits per heavy atom. The third kappa shape index (κ3) is 4.24. The molecule has 0 amide bonds. The van der Waals surface area contributed by atoms with Gasteiger partial charge in [0.05, 0.1) is 11.1 Å². The summed E-state index contributed by atoms with van der Waals surface area (Å²) in [5.74, 6) is 0.729. The third-order valence-electron chi connectivity index (χ3n) is 2.22. The van der Waals surface area contributed by atoms with Crippen LogP contribution in [0.25, 0.3) is 0 Å². The first-order chi connectivity index (χ1) is 8.34. The molecule has 98 valence electrons. The molecule has 0 spiro atoms. The summed E-state index contributed by atoms with van der Waals surface area (Å²) in [6.45, 7) is 0.802. The molecule has 0 saturated heterocycles. The molecule has 0 bridgehead atoms. The fourth-order valence-corrected chi connectivity index (χ4v) is 2.36. The van der Waals surface area contributed by atoms with E-state index in [1.807, 2.05) is 25.1 Å². The van der Waals surface area contributed by atoms with E-state index in [0.717, 1.165) is 24.4 Å². The summed E-state index contributed by atoms with van der Waals surface area (Å²) in [5, 5.41) is 8.88. The SMILES string of the molecule is CN(C)CCSc1ccc(C(F)(F)F)cc1C#N. The molecule has 18 heavy (non-hydrogen) atoms. The molecule has 2 nitrogen and oxygen atoms in total. The lowest BCUT2D eigenvalue weighted by Crippen LogP contribution is -2.14. The number of hydrogen-bond acceptors (Lipinski definition) is 3. The fourth-order valence-electron chi connectivity index (χ4n) is 1.26. The third-order valence-corrected chi connectivity index (χ3v) is 3.28. The number of nitrogens with zero attached hydrogens (tertiary/aromatic N) is 2. The van der Waals surface area contributed by atoms with E-state index < -0.39 is 11.7 Å². The van der Waals surface area contributed by atoms with Gasteiger partial charge in [0.15, 0.2) is 0 Å². The van der Waals surface area contributed by atoms with Gasteiger partial charge in [-0.2, -0.15) is 18.4 Å². The van der Waals surface area contributed by atoms with E-state index in [1.165, 1.54) is 17.8 Å². The van der Waals surface area contributed by atoms with Crippen LogP contribution in [0.15, 0.2) is 23.1 Å². The van der Waals surface area contributed by atoms with Gasteiger partial charge in [-0.1, -0.05) is 0 Å². The Labute approximate surface area is 108 Å². The smallest absolute Gasteiger partial charge is 0.309 e. The lowest BCUT2D eigenvalue weighted by Gasteiger charge is -2.11. The number of hydrogen-bond donors (Lipinski definition) is 0. The number of alkyl halides is 3. The monoisotopic (exact) mass is 274 g/mol. The summed E-state index contributed by atoms with van der Waals surface area (Å²) in [6.07, 6.45) is -4.40. The van der Waals surface area contributed by atoms with Crippen molar-refractivity contribution in [3.63, 3.8) is 0 Å². The van der Waals surface area contributed by atoms with Crippen LogP contribution in [0, 0.1) is 11.3 Å². The Bertz CT molecular complexity index is 450. The van der Waals surface area contributed by atoms with Gasteiger partial charge in [0.25, 0.3) is 0 Å². The highest BCUT2D eigenvalue weighted by Crippen LogP contribution is 2.32. The maximum atomic E-state index is 12.5. The second kappa shape index (κ2) is 6.12. The molecule has 1 aromatic rings. The molecule has 1 rings (SSSR count). The Balaban J connectivity index is 2.85. The summed E-state index contributed by atoms with van der Waals surface area (Å²) < 4.78 is 37.4. The minimum absolute atomic E-state index is 0.0774. The van der Waals surface area contributed by atoms with Crippen LogP contribution in [0.5, 0.6) is 0 Å². The molecule has 6 heteroatoms. The predicted octanol–water partition coefficient (Wildman–Crippen LogP) is 3.23. The van der Waals surface area contributed by atoms with Crippen molar-refractivity contribution in [1.82, 2.24) is 4.90 Å². The van der Waals surface area contributed by atoms with E-state index in [1.54, 1.807) is 0 Å². The minimum Gasteiger partial charge on any atom is -0.309 e. The molecule has 0 aliphatic rings. The van der Waals surface area contributed by atoms with Crippen molar-refractivity contribution in [1.29, 1.82) is 5.26 Å². The molecule has 0 radical (unpaired) electrons. The zero-order valence-electron chi connectivity index (χ0n) is 10.1. The Kier molecular flexibility index (Phi) is 5.05. The largest absolute Gasteiger partial charge is 0.416 e. The van der Waals surface area contributed by atoms with Crippen LogP contribution in [-0.2, 0) is 6.18 Å². The summed E-state index contributed by atoms with van der Waals surface area (Å²) in [7, 11) is 3.83.